The number of hydrogen-bond donors (Lipinski definition) is 2. The van der Waals surface area contributed by atoms with Crippen molar-refractivity contribution in [3.8, 4) is 0 Å². The van der Waals surface area contributed by atoms with Crippen molar-refractivity contribution in [2.45, 2.75) is 115 Å². The first-order valence-electron chi connectivity index (χ1n) is 19.6. The number of unbranched alkanes of at least 4 members (excludes halogenated alkanes) is 3. The third kappa shape index (κ3) is 11.9. The van der Waals surface area contributed by atoms with E-state index in [1.54, 1.807) is 0 Å². The molecule has 2 N–H and O–H groups in total. The highest BCUT2D eigenvalue weighted by Gasteiger charge is 2.53. The summed E-state index contributed by atoms with van der Waals surface area (Å²) in [4.78, 5) is 0. The molecule has 0 unspecified atom stereocenters. The molecule has 54 heavy (non-hydrogen) atoms. The standard InChI is InChI=1S/C45H56N4O5/c1-2-3-4-17-29-49-30-39(47-48-49)27-18-28-46-40-41(50)43(52-32-36-21-11-6-12-22-36)45(54-34-38-25-15-8-16-26-38)44(53-33-37-23-13-7-14-24-37)42(40)51-31-35-19-9-5-10-20-35/h5-16,19-26,30,40-46,50H,2-4,17-18,27-29,31-34H2,1H3/t40-,41-,42+,43+,44-,45-/m1/s1. The van der Waals surface area contributed by atoms with E-state index in [-0.39, 0.29) is 0 Å². The SMILES string of the molecule is CCCCCCn1cc(CCCN[C@@H]2[C@@H](O)[C@H](OCc3ccccc3)[C@@H](OCc3ccccc3)[C@H](OCc3ccccc3)[C@H]2OCc2ccccc2)nn1. The van der Waals surface area contributed by atoms with E-state index in [4.69, 9.17) is 18.9 Å². The predicted molar refractivity (Wildman–Crippen MR) is 210 cm³/mol. The lowest BCUT2D eigenvalue weighted by atomic mass is 9.82. The summed E-state index contributed by atoms with van der Waals surface area (Å²) >= 11 is 0. The molecule has 6 atom stereocenters. The second-order valence-electron chi connectivity index (χ2n) is 14.2. The van der Waals surface area contributed by atoms with Crippen LogP contribution >= 0.6 is 0 Å². The maximum Gasteiger partial charge on any atom is 0.115 e. The molecule has 1 saturated carbocycles. The summed E-state index contributed by atoms with van der Waals surface area (Å²) < 4.78 is 29.0. The zero-order chi connectivity index (χ0) is 37.2. The Balaban J connectivity index is 1.24. The van der Waals surface area contributed by atoms with Crippen molar-refractivity contribution in [2.75, 3.05) is 6.54 Å². The number of benzene rings is 4. The van der Waals surface area contributed by atoms with E-state index in [2.05, 4.69) is 40.9 Å². The summed E-state index contributed by atoms with van der Waals surface area (Å²) in [5.74, 6) is 0. The molecule has 286 valence electrons. The molecule has 0 bridgehead atoms. The molecule has 0 amide bonds. The number of aryl methyl sites for hydroxylation is 2. The minimum Gasteiger partial charge on any atom is -0.389 e. The quantitative estimate of drug-likeness (QED) is 0.0708. The minimum atomic E-state index is -0.962. The molecule has 0 aliphatic heterocycles. The number of ether oxygens (including phenoxy) is 4. The highest BCUT2D eigenvalue weighted by molar-refractivity contribution is 5.18. The van der Waals surface area contributed by atoms with Gasteiger partial charge in [-0.3, -0.25) is 4.68 Å². The Hall–Kier alpha value is -4.22. The normalized spacial score (nSPS) is 21.3. The van der Waals surface area contributed by atoms with E-state index >= 15 is 0 Å². The van der Waals surface area contributed by atoms with Crippen LogP contribution in [0.4, 0.5) is 0 Å². The van der Waals surface area contributed by atoms with Gasteiger partial charge >= 0.3 is 0 Å². The molecule has 1 aliphatic rings. The fourth-order valence-electron chi connectivity index (χ4n) is 7.05. The summed E-state index contributed by atoms with van der Waals surface area (Å²) in [7, 11) is 0. The lowest BCUT2D eigenvalue weighted by Gasteiger charge is -2.49. The molecule has 1 heterocycles. The van der Waals surface area contributed by atoms with E-state index in [0.29, 0.717) is 33.0 Å². The number of nitrogens with one attached hydrogen (secondary N) is 1. The number of aliphatic hydroxyl groups excluding tert-OH is 1. The number of rotatable bonds is 22. The van der Waals surface area contributed by atoms with Crippen LogP contribution in [0.5, 0.6) is 0 Å². The second-order valence-corrected chi connectivity index (χ2v) is 14.2. The molecule has 0 spiro atoms. The average molecular weight is 733 g/mol. The van der Waals surface area contributed by atoms with Gasteiger partial charge in [0.2, 0.25) is 0 Å². The van der Waals surface area contributed by atoms with E-state index in [1.807, 2.05) is 114 Å². The highest BCUT2D eigenvalue weighted by Crippen LogP contribution is 2.33. The van der Waals surface area contributed by atoms with Crippen LogP contribution in [0.2, 0.25) is 0 Å². The van der Waals surface area contributed by atoms with Crippen LogP contribution in [0.1, 0.15) is 67.0 Å². The van der Waals surface area contributed by atoms with Crippen LogP contribution in [0.15, 0.2) is 128 Å². The van der Waals surface area contributed by atoms with Gasteiger partial charge in [0.05, 0.1) is 38.2 Å². The van der Waals surface area contributed by atoms with E-state index in [9.17, 15) is 5.11 Å². The molecule has 0 radical (unpaired) electrons. The Morgan fingerprint density at radius 3 is 1.54 bits per heavy atom. The fourth-order valence-corrected chi connectivity index (χ4v) is 7.05. The Morgan fingerprint density at radius 2 is 1.04 bits per heavy atom. The Labute approximate surface area is 320 Å². The third-order valence-electron chi connectivity index (χ3n) is 9.99. The molecule has 0 saturated heterocycles. The van der Waals surface area contributed by atoms with Crippen LogP contribution in [-0.2, 0) is 58.3 Å². The largest absolute Gasteiger partial charge is 0.389 e. The molecule has 6 rings (SSSR count). The van der Waals surface area contributed by atoms with Crippen molar-refractivity contribution in [2.24, 2.45) is 0 Å². The van der Waals surface area contributed by atoms with Crippen molar-refractivity contribution in [3.63, 3.8) is 0 Å². The summed E-state index contributed by atoms with van der Waals surface area (Å²) in [6.07, 6.45) is 4.95. The number of aliphatic hydroxyl groups is 1. The second kappa shape index (κ2) is 21.6. The molecule has 4 aromatic carbocycles. The Bertz CT molecular complexity index is 1730. The summed E-state index contributed by atoms with van der Waals surface area (Å²) in [5.41, 5.74) is 5.08. The van der Waals surface area contributed by atoms with Gasteiger partial charge in [-0.25, -0.2) is 0 Å². The third-order valence-corrected chi connectivity index (χ3v) is 9.99. The first-order valence-corrected chi connectivity index (χ1v) is 19.6. The van der Waals surface area contributed by atoms with Crippen LogP contribution in [0, 0.1) is 0 Å². The molecule has 9 nitrogen and oxygen atoms in total. The van der Waals surface area contributed by atoms with Crippen molar-refractivity contribution in [3.05, 3.63) is 155 Å². The lowest BCUT2D eigenvalue weighted by Crippen LogP contribution is -2.69. The fraction of sp³-hybridized carbons (Fsp3) is 0.422. The van der Waals surface area contributed by atoms with E-state index < -0.39 is 36.6 Å². The van der Waals surface area contributed by atoms with Gasteiger partial charge in [0, 0.05) is 12.7 Å². The van der Waals surface area contributed by atoms with Crippen LogP contribution in [0.3, 0.4) is 0 Å². The van der Waals surface area contributed by atoms with E-state index in [1.165, 1.54) is 19.3 Å². The predicted octanol–water partition coefficient (Wildman–Crippen LogP) is 7.47. The number of aromatic nitrogens is 3. The van der Waals surface area contributed by atoms with Gasteiger partial charge in [-0.15, -0.1) is 5.10 Å². The Kier molecular flexibility index (Phi) is 15.8. The lowest BCUT2D eigenvalue weighted by molar-refractivity contribution is -0.250. The van der Waals surface area contributed by atoms with Crippen molar-refractivity contribution < 1.29 is 24.1 Å². The van der Waals surface area contributed by atoms with Crippen LogP contribution < -0.4 is 5.32 Å². The van der Waals surface area contributed by atoms with Gasteiger partial charge in [0.15, 0.2) is 0 Å². The van der Waals surface area contributed by atoms with Crippen LogP contribution in [0.25, 0.3) is 0 Å². The van der Waals surface area contributed by atoms with Gasteiger partial charge in [0.1, 0.15) is 30.5 Å². The van der Waals surface area contributed by atoms with E-state index in [0.717, 1.165) is 53.8 Å². The van der Waals surface area contributed by atoms with Gasteiger partial charge < -0.3 is 29.4 Å². The molecule has 9 heteroatoms. The first kappa shape index (κ1) is 39.5. The molecular formula is C45H56N4O5. The topological polar surface area (TPSA) is 99.9 Å². The maximum atomic E-state index is 12.4. The maximum absolute atomic E-state index is 12.4. The average Bonchev–Trinajstić information content (AvgIpc) is 3.68. The zero-order valence-corrected chi connectivity index (χ0v) is 31.5. The zero-order valence-electron chi connectivity index (χ0n) is 31.5. The highest BCUT2D eigenvalue weighted by atomic mass is 16.6. The minimum absolute atomic E-state index is 0.315. The summed E-state index contributed by atoms with van der Waals surface area (Å²) in [6, 6.07) is 39.8. The Morgan fingerprint density at radius 1 is 0.574 bits per heavy atom. The monoisotopic (exact) mass is 732 g/mol. The van der Waals surface area contributed by atoms with Gasteiger partial charge in [0.25, 0.3) is 0 Å². The molecule has 5 aromatic rings. The molecule has 1 aromatic heterocycles. The molecule has 1 fully saturated rings. The summed E-state index contributed by atoms with van der Waals surface area (Å²) in [6.45, 7) is 5.09. The van der Waals surface area contributed by atoms with Gasteiger partial charge in [-0.1, -0.05) is 153 Å². The number of hydrogen-bond acceptors (Lipinski definition) is 8. The smallest absolute Gasteiger partial charge is 0.115 e. The number of nitrogens with zero attached hydrogens (tertiary/aromatic N) is 3. The van der Waals surface area contributed by atoms with Crippen LogP contribution in [-0.4, -0.2) is 63.2 Å². The summed E-state index contributed by atoms with van der Waals surface area (Å²) in [5, 5.41) is 24.8. The molecule has 1 aliphatic carbocycles. The first-order chi connectivity index (χ1) is 26.7. The van der Waals surface area contributed by atoms with Crippen molar-refractivity contribution in [1.29, 1.82) is 0 Å². The van der Waals surface area contributed by atoms with Gasteiger partial charge in [-0.05, 0) is 48.1 Å². The van der Waals surface area contributed by atoms with Crippen molar-refractivity contribution >= 4 is 0 Å². The van der Waals surface area contributed by atoms with Gasteiger partial charge in [-0.2, -0.15) is 0 Å². The molecular weight excluding hydrogens is 677 g/mol. The van der Waals surface area contributed by atoms with Crippen molar-refractivity contribution in [1.82, 2.24) is 20.3 Å².